The second-order valence-corrected chi connectivity index (χ2v) is 8.27. The molecule has 0 fully saturated rings. The maximum atomic E-state index is 13.6. The number of hydrogen-bond acceptors (Lipinski definition) is 2. The summed E-state index contributed by atoms with van der Waals surface area (Å²) in [6.45, 7) is 6.88. The average molecular weight is 429 g/mol. The third-order valence-electron chi connectivity index (χ3n) is 5.57. The molecule has 0 bridgehead atoms. The van der Waals surface area contributed by atoms with E-state index in [9.17, 15) is 9.59 Å². The minimum Gasteiger partial charge on any atom is -0.355 e. The number of rotatable bonds is 9. The minimum absolute atomic E-state index is 0.0541. The summed E-state index contributed by atoms with van der Waals surface area (Å²) < 4.78 is 0. The highest BCUT2D eigenvalue weighted by Gasteiger charge is 2.30. The normalized spacial score (nSPS) is 11.6. The van der Waals surface area contributed by atoms with Crippen molar-refractivity contribution in [1.29, 1.82) is 0 Å². The second-order valence-electron chi connectivity index (χ2n) is 8.27. The molecule has 32 heavy (non-hydrogen) atoms. The van der Waals surface area contributed by atoms with Crippen LogP contribution < -0.4 is 5.32 Å². The molecule has 0 aliphatic rings. The minimum atomic E-state index is -0.586. The first kappa shape index (κ1) is 23.3. The Hall–Kier alpha value is -3.40. The predicted molar refractivity (Wildman–Crippen MR) is 129 cm³/mol. The molecule has 3 rings (SSSR count). The van der Waals surface area contributed by atoms with Crippen LogP contribution in [0.25, 0.3) is 0 Å². The lowest BCUT2D eigenvalue weighted by atomic mass is 10.0. The van der Waals surface area contributed by atoms with E-state index in [2.05, 4.69) is 5.32 Å². The Morgan fingerprint density at radius 2 is 1.34 bits per heavy atom. The largest absolute Gasteiger partial charge is 0.355 e. The van der Waals surface area contributed by atoms with Gasteiger partial charge in [0.1, 0.15) is 6.04 Å². The van der Waals surface area contributed by atoms with Crippen molar-refractivity contribution < 1.29 is 9.59 Å². The van der Waals surface area contributed by atoms with E-state index in [1.807, 2.05) is 99.6 Å². The zero-order valence-electron chi connectivity index (χ0n) is 19.2. The summed E-state index contributed by atoms with van der Waals surface area (Å²) >= 11 is 0. The van der Waals surface area contributed by atoms with Gasteiger partial charge in [-0.1, -0.05) is 90.0 Å². The molecule has 0 aliphatic carbocycles. The molecule has 0 radical (unpaired) electrons. The van der Waals surface area contributed by atoms with E-state index in [0.29, 0.717) is 19.5 Å². The van der Waals surface area contributed by atoms with Crippen LogP contribution in [0.15, 0.2) is 78.9 Å². The lowest BCUT2D eigenvalue weighted by Gasteiger charge is -2.31. The lowest BCUT2D eigenvalue weighted by Crippen LogP contribution is -2.50. The molecule has 3 aromatic carbocycles. The van der Waals surface area contributed by atoms with E-state index in [-0.39, 0.29) is 18.2 Å². The molecular weight excluding hydrogens is 396 g/mol. The van der Waals surface area contributed by atoms with Crippen LogP contribution in [-0.4, -0.2) is 29.3 Å². The third-order valence-corrected chi connectivity index (χ3v) is 5.57. The standard InChI is InChI=1S/C28H32N2O2/c1-4-29-28(32)26(18-23-8-6-5-7-9-23)30(20-25-16-12-22(3)13-17-25)27(31)19-24-14-10-21(2)11-15-24/h5-17,26H,4,18-20H2,1-3H3,(H,29,32). The summed E-state index contributed by atoms with van der Waals surface area (Å²) in [7, 11) is 0. The smallest absolute Gasteiger partial charge is 0.243 e. The molecule has 0 heterocycles. The zero-order chi connectivity index (χ0) is 22.9. The van der Waals surface area contributed by atoms with E-state index < -0.39 is 6.04 Å². The summed E-state index contributed by atoms with van der Waals surface area (Å²) in [5, 5.41) is 2.93. The lowest BCUT2D eigenvalue weighted by molar-refractivity contribution is -0.140. The maximum Gasteiger partial charge on any atom is 0.243 e. The van der Waals surface area contributed by atoms with Crippen LogP contribution in [0.2, 0.25) is 0 Å². The van der Waals surface area contributed by atoms with Gasteiger partial charge in [-0.05, 0) is 37.5 Å². The molecule has 0 spiro atoms. The quantitative estimate of drug-likeness (QED) is 0.541. The summed E-state index contributed by atoms with van der Waals surface area (Å²) in [6.07, 6.45) is 0.731. The fourth-order valence-corrected chi connectivity index (χ4v) is 3.72. The molecule has 0 aliphatic heterocycles. The summed E-state index contributed by atoms with van der Waals surface area (Å²) in [6, 6.07) is 25.4. The fourth-order valence-electron chi connectivity index (χ4n) is 3.72. The van der Waals surface area contributed by atoms with Crippen LogP contribution in [-0.2, 0) is 29.0 Å². The number of nitrogens with zero attached hydrogens (tertiary/aromatic N) is 1. The number of amides is 2. The molecular formula is C28H32N2O2. The highest BCUT2D eigenvalue weighted by Crippen LogP contribution is 2.17. The SMILES string of the molecule is CCNC(=O)C(Cc1ccccc1)N(Cc1ccc(C)cc1)C(=O)Cc1ccc(C)cc1. The molecule has 1 atom stereocenters. The Morgan fingerprint density at radius 1 is 0.781 bits per heavy atom. The molecule has 1 N–H and O–H groups in total. The van der Waals surface area contributed by atoms with Crippen molar-refractivity contribution in [3.63, 3.8) is 0 Å². The van der Waals surface area contributed by atoms with E-state index >= 15 is 0 Å². The van der Waals surface area contributed by atoms with Crippen LogP contribution in [0.4, 0.5) is 0 Å². The average Bonchev–Trinajstić information content (AvgIpc) is 2.79. The van der Waals surface area contributed by atoms with E-state index in [1.54, 1.807) is 4.90 Å². The van der Waals surface area contributed by atoms with Crippen molar-refractivity contribution in [2.24, 2.45) is 0 Å². The monoisotopic (exact) mass is 428 g/mol. The summed E-state index contributed by atoms with van der Waals surface area (Å²) in [5.74, 6) is -0.178. The highest BCUT2D eigenvalue weighted by molar-refractivity contribution is 5.88. The summed E-state index contributed by atoms with van der Waals surface area (Å²) in [5.41, 5.74) is 5.30. The molecule has 4 heteroatoms. The van der Waals surface area contributed by atoms with Crippen molar-refractivity contribution in [1.82, 2.24) is 10.2 Å². The Balaban J connectivity index is 1.93. The van der Waals surface area contributed by atoms with Gasteiger partial charge in [0, 0.05) is 19.5 Å². The van der Waals surface area contributed by atoms with Gasteiger partial charge in [0.25, 0.3) is 0 Å². The number of nitrogens with one attached hydrogen (secondary N) is 1. The zero-order valence-corrected chi connectivity index (χ0v) is 19.2. The Bertz CT molecular complexity index is 1010. The second kappa shape index (κ2) is 11.3. The van der Waals surface area contributed by atoms with E-state index in [4.69, 9.17) is 0 Å². The highest BCUT2D eigenvalue weighted by atomic mass is 16.2. The van der Waals surface area contributed by atoms with Gasteiger partial charge < -0.3 is 10.2 Å². The van der Waals surface area contributed by atoms with Gasteiger partial charge in [0.15, 0.2) is 0 Å². The fraction of sp³-hybridized carbons (Fsp3) is 0.286. The first-order chi connectivity index (χ1) is 15.5. The van der Waals surface area contributed by atoms with Gasteiger partial charge in [-0.3, -0.25) is 9.59 Å². The van der Waals surface area contributed by atoms with Gasteiger partial charge in [-0.15, -0.1) is 0 Å². The molecule has 0 saturated carbocycles. The number of likely N-dealkylation sites (N-methyl/N-ethyl adjacent to an activating group) is 1. The Morgan fingerprint density at radius 3 is 1.91 bits per heavy atom. The molecule has 1 unspecified atom stereocenters. The third kappa shape index (κ3) is 6.55. The van der Waals surface area contributed by atoms with Gasteiger partial charge >= 0.3 is 0 Å². The topological polar surface area (TPSA) is 49.4 Å². The number of hydrogen-bond donors (Lipinski definition) is 1. The molecule has 166 valence electrons. The predicted octanol–water partition coefficient (Wildman–Crippen LogP) is 4.62. The first-order valence-electron chi connectivity index (χ1n) is 11.2. The van der Waals surface area contributed by atoms with Crippen LogP contribution in [0.3, 0.4) is 0 Å². The van der Waals surface area contributed by atoms with Crippen LogP contribution in [0.5, 0.6) is 0 Å². The van der Waals surface area contributed by atoms with Crippen LogP contribution in [0, 0.1) is 13.8 Å². The number of carbonyl (C=O) groups is 2. The first-order valence-corrected chi connectivity index (χ1v) is 11.2. The van der Waals surface area contributed by atoms with Crippen LogP contribution >= 0.6 is 0 Å². The number of carbonyl (C=O) groups excluding carboxylic acids is 2. The summed E-state index contributed by atoms with van der Waals surface area (Å²) in [4.78, 5) is 28.4. The van der Waals surface area contributed by atoms with E-state index in [0.717, 1.165) is 27.8 Å². The van der Waals surface area contributed by atoms with Gasteiger partial charge in [-0.2, -0.15) is 0 Å². The Labute approximate surface area is 191 Å². The van der Waals surface area contributed by atoms with Crippen molar-refractivity contribution in [2.75, 3.05) is 6.54 Å². The van der Waals surface area contributed by atoms with Crippen molar-refractivity contribution in [2.45, 2.75) is 46.2 Å². The van der Waals surface area contributed by atoms with Gasteiger partial charge in [0.2, 0.25) is 11.8 Å². The molecule has 2 amide bonds. The van der Waals surface area contributed by atoms with Crippen molar-refractivity contribution in [3.8, 4) is 0 Å². The maximum absolute atomic E-state index is 13.6. The van der Waals surface area contributed by atoms with Gasteiger partial charge in [-0.25, -0.2) is 0 Å². The molecule has 0 aromatic heterocycles. The molecule has 0 saturated heterocycles. The van der Waals surface area contributed by atoms with Crippen molar-refractivity contribution in [3.05, 3.63) is 107 Å². The number of aryl methyl sites for hydroxylation is 2. The van der Waals surface area contributed by atoms with Crippen molar-refractivity contribution >= 4 is 11.8 Å². The number of benzene rings is 3. The molecule has 3 aromatic rings. The van der Waals surface area contributed by atoms with E-state index in [1.165, 1.54) is 0 Å². The Kier molecular flexibility index (Phi) is 8.20. The molecule has 4 nitrogen and oxygen atoms in total. The van der Waals surface area contributed by atoms with Crippen LogP contribution in [0.1, 0.15) is 34.7 Å². The van der Waals surface area contributed by atoms with Gasteiger partial charge in [0.05, 0.1) is 6.42 Å².